The van der Waals surface area contributed by atoms with Crippen molar-refractivity contribution in [2.45, 2.75) is 12.8 Å². The number of aromatic nitrogens is 3. The number of carbonyl (C=O) groups is 2. The van der Waals surface area contributed by atoms with E-state index >= 15 is 0 Å². The molecule has 0 radical (unpaired) electrons. The molecule has 1 atom stereocenters. The standard InChI is InChI=1S/C23H25N5O4/c1-31-18-9-17(10-19(11-18)32-2)25-22(29)16-6-4-8-28(14-16)23(30)21-12-20(26-27-21)15-5-3-7-24-13-15/h3,5,7,9-13,16H,4,6,8,14H2,1-2H3,(H,25,29)(H,26,27)/t16-/m1/s1. The smallest absolute Gasteiger partial charge is 0.271 e. The topological polar surface area (TPSA) is 109 Å². The maximum atomic E-state index is 13.0. The Morgan fingerprint density at radius 2 is 1.94 bits per heavy atom. The average Bonchev–Trinajstić information content (AvgIpc) is 3.34. The van der Waals surface area contributed by atoms with E-state index in [1.165, 1.54) is 0 Å². The van der Waals surface area contributed by atoms with Crippen molar-refractivity contribution in [3.8, 4) is 22.8 Å². The molecule has 2 N–H and O–H groups in total. The van der Waals surface area contributed by atoms with E-state index in [0.717, 1.165) is 12.0 Å². The highest BCUT2D eigenvalue weighted by Crippen LogP contribution is 2.27. The van der Waals surface area contributed by atoms with Crippen LogP contribution in [-0.4, -0.2) is 59.2 Å². The number of nitrogens with one attached hydrogen (secondary N) is 2. The molecule has 9 nitrogen and oxygen atoms in total. The number of H-pyrrole nitrogens is 1. The zero-order chi connectivity index (χ0) is 22.5. The predicted molar refractivity (Wildman–Crippen MR) is 119 cm³/mol. The van der Waals surface area contributed by atoms with Crippen molar-refractivity contribution in [2.24, 2.45) is 5.92 Å². The van der Waals surface area contributed by atoms with Crippen LogP contribution >= 0.6 is 0 Å². The number of anilines is 1. The first-order chi connectivity index (χ1) is 15.6. The quantitative estimate of drug-likeness (QED) is 0.616. The molecular formula is C23H25N5O4. The van der Waals surface area contributed by atoms with Crippen LogP contribution in [0, 0.1) is 5.92 Å². The number of carbonyl (C=O) groups excluding carboxylic acids is 2. The Kier molecular flexibility index (Phi) is 6.34. The van der Waals surface area contributed by atoms with Gasteiger partial charge in [-0.05, 0) is 31.0 Å². The lowest BCUT2D eigenvalue weighted by molar-refractivity contribution is -0.121. The number of pyridine rings is 1. The Morgan fingerprint density at radius 3 is 2.62 bits per heavy atom. The molecular weight excluding hydrogens is 410 g/mol. The van der Waals surface area contributed by atoms with Crippen LogP contribution in [0.1, 0.15) is 23.3 Å². The molecule has 0 saturated carbocycles. The van der Waals surface area contributed by atoms with Crippen LogP contribution in [0.25, 0.3) is 11.3 Å². The Labute approximate surface area is 185 Å². The van der Waals surface area contributed by atoms with Gasteiger partial charge in [-0.15, -0.1) is 0 Å². The Morgan fingerprint density at radius 1 is 1.16 bits per heavy atom. The van der Waals surface area contributed by atoms with Crippen molar-refractivity contribution in [1.82, 2.24) is 20.1 Å². The van der Waals surface area contributed by atoms with Crippen molar-refractivity contribution in [3.05, 3.63) is 54.5 Å². The fraction of sp³-hybridized carbons (Fsp3) is 0.304. The van der Waals surface area contributed by atoms with E-state index in [1.54, 1.807) is 55.8 Å². The molecule has 2 aromatic heterocycles. The van der Waals surface area contributed by atoms with Crippen molar-refractivity contribution >= 4 is 17.5 Å². The highest BCUT2D eigenvalue weighted by molar-refractivity contribution is 5.96. The third-order valence-corrected chi connectivity index (χ3v) is 5.46. The maximum absolute atomic E-state index is 13.0. The van der Waals surface area contributed by atoms with E-state index in [-0.39, 0.29) is 17.7 Å². The van der Waals surface area contributed by atoms with Gasteiger partial charge in [-0.25, -0.2) is 0 Å². The van der Waals surface area contributed by atoms with Crippen LogP contribution in [0.4, 0.5) is 5.69 Å². The molecule has 0 bridgehead atoms. The number of amides is 2. The number of benzene rings is 1. The first-order valence-electron chi connectivity index (χ1n) is 10.4. The highest BCUT2D eigenvalue weighted by atomic mass is 16.5. The largest absolute Gasteiger partial charge is 0.497 e. The summed E-state index contributed by atoms with van der Waals surface area (Å²) in [6, 6.07) is 10.6. The summed E-state index contributed by atoms with van der Waals surface area (Å²) in [6.07, 6.45) is 4.83. The summed E-state index contributed by atoms with van der Waals surface area (Å²) in [7, 11) is 3.11. The summed E-state index contributed by atoms with van der Waals surface area (Å²) in [4.78, 5) is 31.7. The van der Waals surface area contributed by atoms with Gasteiger partial charge in [0.1, 0.15) is 17.2 Å². The van der Waals surface area contributed by atoms with Crippen molar-refractivity contribution < 1.29 is 19.1 Å². The summed E-state index contributed by atoms with van der Waals surface area (Å²) < 4.78 is 10.5. The molecule has 9 heteroatoms. The first kappa shape index (κ1) is 21.4. The number of methoxy groups -OCH3 is 2. The van der Waals surface area contributed by atoms with Crippen LogP contribution < -0.4 is 14.8 Å². The number of piperidine rings is 1. The van der Waals surface area contributed by atoms with Crippen LogP contribution in [0.5, 0.6) is 11.5 Å². The molecule has 1 aliphatic heterocycles. The number of hydrogen-bond donors (Lipinski definition) is 2. The minimum atomic E-state index is -0.314. The van der Waals surface area contributed by atoms with Gasteiger partial charge < -0.3 is 19.7 Å². The number of aromatic amines is 1. The summed E-state index contributed by atoms with van der Waals surface area (Å²) >= 11 is 0. The van der Waals surface area contributed by atoms with Gasteiger partial charge in [0.2, 0.25) is 5.91 Å². The van der Waals surface area contributed by atoms with Gasteiger partial charge >= 0.3 is 0 Å². The van der Waals surface area contributed by atoms with Gasteiger partial charge in [0.15, 0.2) is 0 Å². The molecule has 0 spiro atoms. The molecule has 4 rings (SSSR count). The van der Waals surface area contributed by atoms with E-state index in [0.29, 0.717) is 48.1 Å². The van der Waals surface area contributed by atoms with E-state index in [2.05, 4.69) is 20.5 Å². The minimum absolute atomic E-state index is 0.140. The third kappa shape index (κ3) is 4.72. The van der Waals surface area contributed by atoms with Crippen LogP contribution in [0.15, 0.2) is 48.8 Å². The molecule has 1 fully saturated rings. The number of likely N-dealkylation sites (tertiary alicyclic amines) is 1. The number of ether oxygens (including phenoxy) is 2. The molecule has 32 heavy (non-hydrogen) atoms. The summed E-state index contributed by atoms with van der Waals surface area (Å²) in [5.74, 6) is 0.546. The lowest BCUT2D eigenvalue weighted by atomic mass is 9.96. The van der Waals surface area contributed by atoms with Gasteiger partial charge in [0.25, 0.3) is 5.91 Å². The normalized spacial score (nSPS) is 15.8. The lowest BCUT2D eigenvalue weighted by Gasteiger charge is -2.31. The van der Waals surface area contributed by atoms with E-state index in [1.807, 2.05) is 12.1 Å². The molecule has 1 aromatic carbocycles. The number of nitrogens with zero attached hydrogens (tertiary/aromatic N) is 3. The maximum Gasteiger partial charge on any atom is 0.271 e. The van der Waals surface area contributed by atoms with E-state index in [4.69, 9.17) is 9.47 Å². The molecule has 3 heterocycles. The fourth-order valence-corrected chi connectivity index (χ4v) is 3.76. The predicted octanol–water partition coefficient (Wildman–Crippen LogP) is 2.98. The molecule has 1 saturated heterocycles. The van der Waals surface area contributed by atoms with Crippen LogP contribution in [0.3, 0.4) is 0 Å². The second kappa shape index (κ2) is 9.51. The monoisotopic (exact) mass is 435 g/mol. The molecule has 1 aliphatic rings. The fourth-order valence-electron chi connectivity index (χ4n) is 3.76. The van der Waals surface area contributed by atoms with E-state index < -0.39 is 0 Å². The molecule has 0 unspecified atom stereocenters. The average molecular weight is 435 g/mol. The number of rotatable bonds is 6. The van der Waals surface area contributed by atoms with Gasteiger partial charge in [-0.3, -0.25) is 19.7 Å². The number of hydrogen-bond acceptors (Lipinski definition) is 6. The lowest BCUT2D eigenvalue weighted by Crippen LogP contribution is -2.43. The van der Waals surface area contributed by atoms with Crippen molar-refractivity contribution in [3.63, 3.8) is 0 Å². The van der Waals surface area contributed by atoms with Crippen molar-refractivity contribution in [1.29, 1.82) is 0 Å². The summed E-state index contributed by atoms with van der Waals surface area (Å²) in [5, 5.41) is 9.96. The van der Waals surface area contributed by atoms with Gasteiger partial charge in [0, 0.05) is 54.9 Å². The molecule has 166 valence electrons. The van der Waals surface area contributed by atoms with Crippen LogP contribution in [0.2, 0.25) is 0 Å². The van der Waals surface area contributed by atoms with Gasteiger partial charge in [0.05, 0.1) is 25.8 Å². The summed E-state index contributed by atoms with van der Waals surface area (Å²) in [6.45, 7) is 0.934. The molecule has 0 aliphatic carbocycles. The zero-order valence-electron chi connectivity index (χ0n) is 18.0. The first-order valence-corrected chi connectivity index (χ1v) is 10.4. The Balaban J connectivity index is 1.42. The van der Waals surface area contributed by atoms with Crippen LogP contribution in [-0.2, 0) is 4.79 Å². The van der Waals surface area contributed by atoms with Gasteiger partial charge in [-0.1, -0.05) is 0 Å². The highest BCUT2D eigenvalue weighted by Gasteiger charge is 2.30. The Bertz CT molecular complexity index is 1080. The zero-order valence-corrected chi connectivity index (χ0v) is 18.0. The molecule has 3 aromatic rings. The SMILES string of the molecule is COc1cc(NC(=O)[C@@H]2CCCN(C(=O)c3cc(-c4cccnc4)n[nH]3)C2)cc(OC)c1. The van der Waals surface area contributed by atoms with Gasteiger partial charge in [-0.2, -0.15) is 5.10 Å². The second-order valence-corrected chi connectivity index (χ2v) is 7.59. The molecule has 2 amide bonds. The minimum Gasteiger partial charge on any atom is -0.497 e. The van der Waals surface area contributed by atoms with Crippen molar-refractivity contribution in [2.75, 3.05) is 32.6 Å². The Hall–Kier alpha value is -3.88. The summed E-state index contributed by atoms with van der Waals surface area (Å²) in [5.41, 5.74) is 2.46. The second-order valence-electron chi connectivity index (χ2n) is 7.59. The third-order valence-electron chi connectivity index (χ3n) is 5.46. The van der Waals surface area contributed by atoms with E-state index in [9.17, 15) is 9.59 Å².